The summed E-state index contributed by atoms with van der Waals surface area (Å²) in [4.78, 5) is 15.4. The Hall–Kier alpha value is -1.73. The van der Waals surface area contributed by atoms with Gasteiger partial charge in [-0.15, -0.1) is 0 Å². The molecule has 0 saturated heterocycles. The number of nitrogens with zero attached hydrogens (tertiary/aromatic N) is 1. The Balaban J connectivity index is 1.73. The van der Waals surface area contributed by atoms with Crippen LogP contribution in [-0.2, 0) is 17.4 Å². The molecule has 0 unspecified atom stereocenters. The van der Waals surface area contributed by atoms with Crippen LogP contribution in [0.3, 0.4) is 0 Å². The molecule has 128 valence electrons. The van der Waals surface area contributed by atoms with Crippen LogP contribution in [0.1, 0.15) is 11.1 Å². The molecule has 0 aliphatic heterocycles. The Morgan fingerprint density at radius 3 is 2.67 bits per heavy atom. The van der Waals surface area contributed by atoms with Gasteiger partial charge in [-0.3, -0.25) is 4.79 Å². The fourth-order valence-electron chi connectivity index (χ4n) is 1.86. The van der Waals surface area contributed by atoms with Crippen LogP contribution >= 0.6 is 23.4 Å². The van der Waals surface area contributed by atoms with Gasteiger partial charge >= 0.3 is 6.18 Å². The Kier molecular flexibility index (Phi) is 6.51. The Bertz CT molecular complexity index is 692. The van der Waals surface area contributed by atoms with Crippen molar-refractivity contribution in [1.29, 1.82) is 0 Å². The smallest absolute Gasteiger partial charge is 0.355 e. The molecule has 0 aliphatic carbocycles. The molecule has 3 nitrogen and oxygen atoms in total. The molecule has 1 N–H and O–H groups in total. The van der Waals surface area contributed by atoms with Gasteiger partial charge in [-0.05, 0) is 36.2 Å². The number of alkyl halides is 3. The highest BCUT2D eigenvalue weighted by Crippen LogP contribution is 2.29. The van der Waals surface area contributed by atoms with E-state index in [2.05, 4.69) is 10.3 Å². The Morgan fingerprint density at radius 1 is 1.25 bits per heavy atom. The zero-order valence-electron chi connectivity index (χ0n) is 12.4. The lowest BCUT2D eigenvalue weighted by molar-refractivity contribution is -0.137. The molecular weight excluding hydrogens is 361 g/mol. The van der Waals surface area contributed by atoms with E-state index in [-0.39, 0.29) is 11.7 Å². The molecule has 24 heavy (non-hydrogen) atoms. The van der Waals surface area contributed by atoms with Crippen LogP contribution in [-0.4, -0.2) is 23.2 Å². The van der Waals surface area contributed by atoms with Crippen LogP contribution in [0.25, 0.3) is 0 Å². The summed E-state index contributed by atoms with van der Waals surface area (Å²) in [6.07, 6.45) is -3.00. The van der Waals surface area contributed by atoms with E-state index in [0.29, 0.717) is 23.0 Å². The number of carbonyl (C=O) groups is 1. The van der Waals surface area contributed by atoms with Crippen molar-refractivity contribution in [2.24, 2.45) is 0 Å². The third-order valence-electron chi connectivity index (χ3n) is 3.04. The van der Waals surface area contributed by atoms with Gasteiger partial charge in [0.05, 0.1) is 16.3 Å². The predicted octanol–water partition coefficient (Wildman–Crippen LogP) is 4.20. The second-order valence-corrected chi connectivity index (χ2v) is 6.33. The number of rotatable bonds is 6. The largest absolute Gasteiger partial charge is 0.417 e. The molecule has 0 saturated carbocycles. The highest BCUT2D eigenvalue weighted by atomic mass is 35.5. The van der Waals surface area contributed by atoms with E-state index in [1.54, 1.807) is 6.07 Å². The third-order valence-corrected chi connectivity index (χ3v) is 4.22. The first-order valence-corrected chi connectivity index (χ1v) is 8.38. The summed E-state index contributed by atoms with van der Waals surface area (Å²) in [5.74, 6) is -0.114. The van der Waals surface area contributed by atoms with Crippen molar-refractivity contribution in [2.75, 3.05) is 12.3 Å². The monoisotopic (exact) mass is 374 g/mol. The first-order chi connectivity index (χ1) is 11.3. The average molecular weight is 375 g/mol. The molecule has 2 aromatic rings. The highest BCUT2D eigenvalue weighted by Gasteiger charge is 2.30. The Morgan fingerprint density at radius 2 is 2.04 bits per heavy atom. The SMILES string of the molecule is O=C(CSc1ccc(C(F)(F)F)cn1)NCCc1cccc(Cl)c1. The van der Waals surface area contributed by atoms with Crippen molar-refractivity contribution in [1.82, 2.24) is 10.3 Å². The Labute approximate surface area is 146 Å². The topological polar surface area (TPSA) is 42.0 Å². The lowest BCUT2D eigenvalue weighted by Gasteiger charge is -2.07. The summed E-state index contributed by atoms with van der Waals surface area (Å²) < 4.78 is 37.3. The van der Waals surface area contributed by atoms with Crippen molar-refractivity contribution in [3.05, 3.63) is 58.7 Å². The zero-order valence-corrected chi connectivity index (χ0v) is 14.0. The summed E-state index contributed by atoms with van der Waals surface area (Å²) in [6, 6.07) is 9.57. The molecule has 8 heteroatoms. The zero-order chi connectivity index (χ0) is 17.6. The molecule has 0 aliphatic rings. The standard InChI is InChI=1S/C16H14ClF3N2OS/c17-13-3-1-2-11(8-13)6-7-21-14(23)10-24-15-5-4-12(9-22-15)16(18,19)20/h1-5,8-9H,6-7,10H2,(H,21,23). The van der Waals surface area contributed by atoms with Crippen LogP contribution in [0, 0.1) is 0 Å². The number of nitrogens with one attached hydrogen (secondary N) is 1. The molecule has 1 aromatic carbocycles. The fraction of sp³-hybridized carbons (Fsp3) is 0.250. The van der Waals surface area contributed by atoms with Gasteiger partial charge in [0, 0.05) is 17.8 Å². The number of aromatic nitrogens is 1. The normalized spacial score (nSPS) is 11.3. The van der Waals surface area contributed by atoms with Gasteiger partial charge in [0.2, 0.25) is 5.91 Å². The van der Waals surface area contributed by atoms with Gasteiger partial charge in [-0.1, -0.05) is 35.5 Å². The molecule has 0 atom stereocenters. The molecule has 0 bridgehead atoms. The van der Waals surface area contributed by atoms with Crippen molar-refractivity contribution in [3.63, 3.8) is 0 Å². The minimum Gasteiger partial charge on any atom is -0.355 e. The number of hydrogen-bond acceptors (Lipinski definition) is 3. The van der Waals surface area contributed by atoms with Crippen LogP contribution in [0.2, 0.25) is 5.02 Å². The molecule has 0 radical (unpaired) electrons. The number of thioether (sulfide) groups is 1. The van der Waals surface area contributed by atoms with E-state index in [1.165, 1.54) is 6.07 Å². The summed E-state index contributed by atoms with van der Waals surface area (Å²) in [6.45, 7) is 0.459. The minimum atomic E-state index is -4.41. The number of benzene rings is 1. The van der Waals surface area contributed by atoms with Crippen molar-refractivity contribution < 1.29 is 18.0 Å². The lowest BCUT2D eigenvalue weighted by Crippen LogP contribution is -2.27. The lowest BCUT2D eigenvalue weighted by atomic mass is 10.1. The molecule has 0 spiro atoms. The molecule has 1 amide bonds. The molecule has 1 heterocycles. The second kappa shape index (κ2) is 8.39. The number of pyridine rings is 1. The van der Waals surface area contributed by atoms with Crippen molar-refractivity contribution in [3.8, 4) is 0 Å². The maximum atomic E-state index is 12.4. The quantitative estimate of drug-likeness (QED) is 0.770. The maximum Gasteiger partial charge on any atom is 0.417 e. The van der Waals surface area contributed by atoms with Gasteiger partial charge in [0.15, 0.2) is 0 Å². The number of hydrogen-bond donors (Lipinski definition) is 1. The molecule has 1 aromatic heterocycles. The molecule has 0 fully saturated rings. The summed E-state index contributed by atoms with van der Waals surface area (Å²) in [7, 11) is 0. The van der Waals surface area contributed by atoms with Gasteiger partial charge in [0.1, 0.15) is 0 Å². The number of carbonyl (C=O) groups excluding carboxylic acids is 1. The first-order valence-electron chi connectivity index (χ1n) is 7.02. The van der Waals surface area contributed by atoms with Crippen LogP contribution < -0.4 is 5.32 Å². The number of halogens is 4. The van der Waals surface area contributed by atoms with E-state index in [4.69, 9.17) is 11.6 Å². The number of amides is 1. The average Bonchev–Trinajstić information content (AvgIpc) is 2.52. The third kappa shape index (κ3) is 6.05. The minimum absolute atomic E-state index is 0.0912. The van der Waals surface area contributed by atoms with Gasteiger partial charge < -0.3 is 5.32 Å². The van der Waals surface area contributed by atoms with Crippen molar-refractivity contribution >= 4 is 29.3 Å². The summed E-state index contributed by atoms with van der Waals surface area (Å²) in [5.41, 5.74) is 0.206. The van der Waals surface area contributed by atoms with Gasteiger partial charge in [0.25, 0.3) is 0 Å². The first kappa shape index (κ1) is 18.6. The van der Waals surface area contributed by atoms with E-state index < -0.39 is 11.7 Å². The van der Waals surface area contributed by atoms with Crippen LogP contribution in [0.5, 0.6) is 0 Å². The van der Waals surface area contributed by atoms with E-state index >= 15 is 0 Å². The van der Waals surface area contributed by atoms with E-state index in [1.807, 2.05) is 18.2 Å². The molecule has 2 rings (SSSR count). The summed E-state index contributed by atoms with van der Waals surface area (Å²) >= 11 is 6.96. The fourth-order valence-corrected chi connectivity index (χ4v) is 2.75. The molecular formula is C16H14ClF3N2OS. The highest BCUT2D eigenvalue weighted by molar-refractivity contribution is 7.99. The maximum absolute atomic E-state index is 12.4. The van der Waals surface area contributed by atoms with Gasteiger partial charge in [-0.2, -0.15) is 13.2 Å². The van der Waals surface area contributed by atoms with Crippen molar-refractivity contribution in [2.45, 2.75) is 17.6 Å². The second-order valence-electron chi connectivity index (χ2n) is 4.90. The van der Waals surface area contributed by atoms with E-state index in [9.17, 15) is 18.0 Å². The summed E-state index contributed by atoms with van der Waals surface area (Å²) in [5, 5.41) is 3.76. The van der Waals surface area contributed by atoms with Crippen LogP contribution in [0.15, 0.2) is 47.6 Å². The van der Waals surface area contributed by atoms with E-state index in [0.717, 1.165) is 29.6 Å². The van der Waals surface area contributed by atoms with Gasteiger partial charge in [-0.25, -0.2) is 4.98 Å². The van der Waals surface area contributed by atoms with Crippen LogP contribution in [0.4, 0.5) is 13.2 Å². The predicted molar refractivity (Wildman–Crippen MR) is 88.1 cm³/mol.